The molecule has 0 aliphatic heterocycles. The van der Waals surface area contributed by atoms with Crippen LogP contribution >= 0.6 is 15.6 Å². The summed E-state index contributed by atoms with van der Waals surface area (Å²) in [4.78, 5) is 71.1. The van der Waals surface area contributed by atoms with Crippen molar-refractivity contribution >= 4 is 39.5 Å². The lowest BCUT2D eigenvalue weighted by Crippen LogP contribution is -2.30. The van der Waals surface area contributed by atoms with Gasteiger partial charge in [0.05, 0.1) is 26.4 Å². The van der Waals surface area contributed by atoms with E-state index < -0.39 is 97.5 Å². The first-order valence-electron chi connectivity index (χ1n) is 28.1. The molecule has 0 aromatic rings. The van der Waals surface area contributed by atoms with E-state index in [1.165, 1.54) is 44.9 Å². The highest BCUT2D eigenvalue weighted by atomic mass is 31.2. The minimum atomic E-state index is -4.94. The van der Waals surface area contributed by atoms with Gasteiger partial charge in [0.15, 0.2) is 12.2 Å². The van der Waals surface area contributed by atoms with E-state index in [-0.39, 0.29) is 25.7 Å². The Bertz CT molecular complexity index is 1530. The number of phosphoric ester groups is 2. The molecule has 0 amide bonds. The second-order valence-electron chi connectivity index (χ2n) is 18.9. The molecule has 0 aliphatic rings. The molecule has 0 rings (SSSR count). The number of aliphatic hydroxyl groups is 1. The van der Waals surface area contributed by atoms with Crippen LogP contribution in [-0.2, 0) is 65.4 Å². The predicted octanol–water partition coefficient (Wildman–Crippen LogP) is 13.6. The zero-order chi connectivity index (χ0) is 54.1. The minimum Gasteiger partial charge on any atom is -0.462 e. The fourth-order valence-electron chi connectivity index (χ4n) is 7.33. The molecule has 0 spiro atoms. The molecule has 0 radical (unpaired) electrons. The van der Waals surface area contributed by atoms with Crippen molar-refractivity contribution in [2.75, 3.05) is 39.6 Å². The lowest BCUT2D eigenvalue weighted by molar-refractivity contribution is -0.161. The maximum atomic E-state index is 12.8. The summed E-state index contributed by atoms with van der Waals surface area (Å²) in [5.74, 6) is -2.20. The van der Waals surface area contributed by atoms with Crippen LogP contribution in [0, 0.1) is 0 Å². The van der Waals surface area contributed by atoms with Crippen LogP contribution in [0.4, 0.5) is 0 Å². The van der Waals surface area contributed by atoms with Crippen molar-refractivity contribution in [1.82, 2.24) is 0 Å². The molecule has 0 bridgehead atoms. The third-order valence-corrected chi connectivity index (χ3v) is 13.6. The van der Waals surface area contributed by atoms with Crippen LogP contribution in [0.25, 0.3) is 0 Å². The second-order valence-corrected chi connectivity index (χ2v) is 21.8. The van der Waals surface area contributed by atoms with Gasteiger partial charge in [0, 0.05) is 25.7 Å². The molecule has 0 saturated carbocycles. The molecule has 17 nitrogen and oxygen atoms in total. The Balaban J connectivity index is 5.15. The van der Waals surface area contributed by atoms with Crippen LogP contribution in [0.5, 0.6) is 0 Å². The fraction of sp³-hybridized carbons (Fsp3) is 0.852. The number of hydrogen-bond acceptors (Lipinski definition) is 15. The van der Waals surface area contributed by atoms with Crippen molar-refractivity contribution in [3.8, 4) is 0 Å². The predicted molar refractivity (Wildman–Crippen MR) is 284 cm³/mol. The molecule has 0 heterocycles. The number of hydrogen-bond donors (Lipinski definition) is 3. The molecule has 0 fully saturated rings. The monoisotopic (exact) mass is 1080 g/mol. The summed E-state index contributed by atoms with van der Waals surface area (Å²) >= 11 is 0. The number of aliphatic hydroxyl groups excluding tert-OH is 1. The first-order valence-corrected chi connectivity index (χ1v) is 31.1. The van der Waals surface area contributed by atoms with Crippen molar-refractivity contribution in [2.45, 2.75) is 258 Å². The van der Waals surface area contributed by atoms with Gasteiger partial charge in [0.1, 0.15) is 19.3 Å². The van der Waals surface area contributed by atoms with Crippen molar-refractivity contribution in [3.05, 3.63) is 24.3 Å². The highest BCUT2D eigenvalue weighted by Gasteiger charge is 2.30. The quantitative estimate of drug-likeness (QED) is 0.0169. The first-order chi connectivity index (χ1) is 35.2. The van der Waals surface area contributed by atoms with Gasteiger partial charge in [-0.05, 0) is 51.4 Å². The Morgan fingerprint density at radius 2 is 0.658 bits per heavy atom. The Morgan fingerprint density at radius 3 is 1.00 bits per heavy atom. The number of carbonyl (C=O) groups is 4. The van der Waals surface area contributed by atoms with Crippen LogP contribution in [0.2, 0.25) is 0 Å². The number of carbonyl (C=O) groups excluding carboxylic acids is 4. The van der Waals surface area contributed by atoms with Gasteiger partial charge in [-0.25, -0.2) is 9.13 Å². The van der Waals surface area contributed by atoms with Crippen LogP contribution in [-0.4, -0.2) is 96.7 Å². The van der Waals surface area contributed by atoms with Gasteiger partial charge < -0.3 is 33.8 Å². The van der Waals surface area contributed by atoms with Gasteiger partial charge in [-0.15, -0.1) is 0 Å². The van der Waals surface area contributed by atoms with Gasteiger partial charge in [0.25, 0.3) is 0 Å². The SMILES string of the molecule is CCCCCC/C=C\C=C/CCCCCCCC(=O)O[C@H](COC(=O)CCCCCCCCCC)COP(=O)(O)OC[C@@H](O)COP(=O)(O)OC[C@@H](COC(=O)CCCCCCC)OC(=O)CCCCCCC. The van der Waals surface area contributed by atoms with Crippen molar-refractivity contribution in [1.29, 1.82) is 0 Å². The summed E-state index contributed by atoms with van der Waals surface area (Å²) in [6, 6.07) is 0. The maximum Gasteiger partial charge on any atom is 0.472 e. The van der Waals surface area contributed by atoms with Crippen LogP contribution < -0.4 is 0 Å². The number of unbranched alkanes of at least 4 members (excludes halogenated alkanes) is 24. The number of phosphoric acid groups is 2. The van der Waals surface area contributed by atoms with Crippen molar-refractivity contribution in [3.63, 3.8) is 0 Å². The third-order valence-electron chi connectivity index (χ3n) is 11.7. The van der Waals surface area contributed by atoms with E-state index in [0.717, 1.165) is 116 Å². The maximum absolute atomic E-state index is 12.8. The number of ether oxygens (including phenoxy) is 4. The van der Waals surface area contributed by atoms with Crippen molar-refractivity contribution < 1.29 is 80.2 Å². The topological polar surface area (TPSA) is 237 Å². The molecule has 19 heteroatoms. The molecule has 0 aliphatic carbocycles. The van der Waals surface area contributed by atoms with E-state index in [2.05, 4.69) is 52.0 Å². The second kappa shape index (κ2) is 49.1. The Kier molecular flexibility index (Phi) is 47.5. The molecule has 0 aromatic carbocycles. The number of rotatable bonds is 53. The summed E-state index contributed by atoms with van der Waals surface area (Å²) in [6.07, 6.45) is 33.8. The smallest absolute Gasteiger partial charge is 0.462 e. The summed E-state index contributed by atoms with van der Waals surface area (Å²) in [5, 5.41) is 10.4. The zero-order valence-corrected chi connectivity index (χ0v) is 47.4. The van der Waals surface area contributed by atoms with E-state index in [0.29, 0.717) is 25.7 Å². The lowest BCUT2D eigenvalue weighted by atomic mass is 10.1. The van der Waals surface area contributed by atoms with E-state index in [9.17, 15) is 43.2 Å². The van der Waals surface area contributed by atoms with Crippen molar-refractivity contribution in [2.24, 2.45) is 0 Å². The summed E-state index contributed by atoms with van der Waals surface area (Å²) < 4.78 is 67.0. The molecular weight excluding hydrogens is 983 g/mol. The summed E-state index contributed by atoms with van der Waals surface area (Å²) in [6.45, 7) is 4.54. The average Bonchev–Trinajstić information content (AvgIpc) is 3.36. The summed E-state index contributed by atoms with van der Waals surface area (Å²) in [5.41, 5.74) is 0. The van der Waals surface area contributed by atoms with Crippen LogP contribution in [0.3, 0.4) is 0 Å². The zero-order valence-electron chi connectivity index (χ0n) is 45.6. The standard InChI is InChI=1S/C54H100O17P2/c1-5-9-13-17-19-21-22-23-24-25-26-27-29-33-37-41-54(59)71-50(45-65-52(57)39-35-32-28-20-18-14-10-6-2)47-69-73(62,63)67-43-48(55)42-66-72(60,61)68-46-49(70-53(58)40-36-31-16-12-8-4)44-64-51(56)38-34-30-15-11-7-3/h21-24,48-50,55H,5-20,25-47H2,1-4H3,(H,60,61)(H,62,63)/b22-21-,24-23-/t48-,49+,50+/m0/s1. The lowest BCUT2D eigenvalue weighted by Gasteiger charge is -2.21. The van der Waals surface area contributed by atoms with Crippen LogP contribution in [0.1, 0.15) is 240 Å². The van der Waals surface area contributed by atoms with Gasteiger partial charge in [-0.3, -0.25) is 37.3 Å². The molecular formula is C54H100O17P2. The fourth-order valence-corrected chi connectivity index (χ4v) is 8.90. The highest BCUT2D eigenvalue weighted by Crippen LogP contribution is 2.45. The minimum absolute atomic E-state index is 0.0846. The van der Waals surface area contributed by atoms with E-state index in [1.54, 1.807) is 0 Å². The molecule has 0 aromatic heterocycles. The highest BCUT2D eigenvalue weighted by molar-refractivity contribution is 7.47. The molecule has 2 unspecified atom stereocenters. The number of esters is 4. The Labute approximate surface area is 440 Å². The van der Waals surface area contributed by atoms with Gasteiger partial charge in [-0.2, -0.15) is 0 Å². The molecule has 428 valence electrons. The molecule has 73 heavy (non-hydrogen) atoms. The van der Waals surface area contributed by atoms with Gasteiger partial charge in [0.2, 0.25) is 0 Å². The summed E-state index contributed by atoms with van der Waals surface area (Å²) in [7, 11) is -9.86. The van der Waals surface area contributed by atoms with Gasteiger partial charge >= 0.3 is 39.5 Å². The molecule has 3 N–H and O–H groups in total. The Hall–Kier alpha value is -2.46. The first kappa shape index (κ1) is 70.5. The molecule has 0 saturated heterocycles. The van der Waals surface area contributed by atoms with E-state index in [1.807, 2.05) is 0 Å². The van der Waals surface area contributed by atoms with E-state index >= 15 is 0 Å². The Morgan fingerprint density at radius 1 is 0.384 bits per heavy atom. The number of allylic oxidation sites excluding steroid dienone is 4. The van der Waals surface area contributed by atoms with E-state index in [4.69, 9.17) is 37.0 Å². The largest absolute Gasteiger partial charge is 0.472 e. The normalized spacial score (nSPS) is 14.7. The van der Waals surface area contributed by atoms with Gasteiger partial charge in [-0.1, -0.05) is 187 Å². The molecule has 5 atom stereocenters. The van der Waals surface area contributed by atoms with Crippen LogP contribution in [0.15, 0.2) is 24.3 Å². The average molecular weight is 1080 g/mol. The third kappa shape index (κ3) is 48.9.